The zero-order valence-corrected chi connectivity index (χ0v) is 17.2. The van der Waals surface area contributed by atoms with E-state index in [0.717, 1.165) is 22.6 Å². The molecule has 0 bridgehead atoms. The van der Waals surface area contributed by atoms with Crippen molar-refractivity contribution in [3.8, 4) is 23.0 Å². The summed E-state index contributed by atoms with van der Waals surface area (Å²) in [7, 11) is 1.59. The van der Waals surface area contributed by atoms with E-state index in [0.29, 0.717) is 35.2 Å². The Morgan fingerprint density at radius 3 is 2.70 bits per heavy atom. The van der Waals surface area contributed by atoms with Crippen LogP contribution in [-0.4, -0.2) is 13.9 Å². The monoisotopic (exact) mass is 429 g/mol. The average Bonchev–Trinajstić information content (AvgIpc) is 3.21. The Balaban J connectivity index is 1.43. The molecule has 0 saturated heterocycles. The lowest BCUT2D eigenvalue weighted by molar-refractivity contribution is 0.174. The average molecular weight is 430 g/mol. The summed E-state index contributed by atoms with van der Waals surface area (Å²) in [5.41, 5.74) is 2.72. The quantitative estimate of drug-likeness (QED) is 0.540. The Bertz CT molecular complexity index is 1040. The van der Waals surface area contributed by atoms with Gasteiger partial charge >= 0.3 is 0 Å². The maximum atomic E-state index is 13.3. The highest BCUT2D eigenvalue weighted by atomic mass is 35.5. The Morgan fingerprint density at radius 2 is 1.87 bits per heavy atom. The van der Waals surface area contributed by atoms with Crippen LogP contribution in [0.2, 0.25) is 5.02 Å². The van der Waals surface area contributed by atoms with Crippen LogP contribution in [0, 0.1) is 5.82 Å². The SMILES string of the molecule is COc1cccc(CNCc2ccc3c(c2)OCO3)c1OCc1ccc(F)cc1Cl. The first-order valence-corrected chi connectivity index (χ1v) is 9.83. The van der Waals surface area contributed by atoms with E-state index in [1.54, 1.807) is 13.2 Å². The lowest BCUT2D eigenvalue weighted by Crippen LogP contribution is -2.14. The first kappa shape index (κ1) is 20.3. The molecule has 30 heavy (non-hydrogen) atoms. The van der Waals surface area contributed by atoms with Crippen molar-refractivity contribution in [3.05, 3.63) is 82.1 Å². The first-order chi connectivity index (χ1) is 14.6. The van der Waals surface area contributed by atoms with E-state index in [1.165, 1.54) is 12.1 Å². The van der Waals surface area contributed by atoms with Crippen molar-refractivity contribution in [2.24, 2.45) is 0 Å². The van der Waals surface area contributed by atoms with Gasteiger partial charge in [0.25, 0.3) is 0 Å². The van der Waals surface area contributed by atoms with Crippen molar-refractivity contribution in [1.29, 1.82) is 0 Å². The summed E-state index contributed by atoms with van der Waals surface area (Å²) in [4.78, 5) is 0. The molecule has 1 heterocycles. The minimum atomic E-state index is -0.380. The number of methoxy groups -OCH3 is 1. The first-order valence-electron chi connectivity index (χ1n) is 9.46. The van der Waals surface area contributed by atoms with Gasteiger partial charge in [0.15, 0.2) is 23.0 Å². The minimum Gasteiger partial charge on any atom is -0.493 e. The van der Waals surface area contributed by atoms with Crippen LogP contribution in [0.4, 0.5) is 4.39 Å². The molecule has 0 saturated carbocycles. The topological polar surface area (TPSA) is 49.0 Å². The molecule has 0 fully saturated rings. The highest BCUT2D eigenvalue weighted by Crippen LogP contribution is 2.34. The molecule has 1 N–H and O–H groups in total. The van der Waals surface area contributed by atoms with Gasteiger partial charge in [-0.05, 0) is 35.9 Å². The molecule has 3 aromatic rings. The van der Waals surface area contributed by atoms with Crippen LogP contribution in [0.1, 0.15) is 16.7 Å². The third kappa shape index (κ3) is 4.61. The van der Waals surface area contributed by atoms with Gasteiger partial charge in [0.2, 0.25) is 6.79 Å². The number of benzene rings is 3. The molecule has 5 nitrogen and oxygen atoms in total. The van der Waals surface area contributed by atoms with Crippen LogP contribution in [-0.2, 0) is 19.7 Å². The Kier molecular flexibility index (Phi) is 6.26. The standard InChI is InChI=1S/C23H21ClFNO4/c1-27-21-4-2-3-16(23(21)28-13-17-6-7-18(25)10-19(17)24)12-26-11-15-5-8-20-22(9-15)30-14-29-20/h2-10,26H,11-14H2,1H3. The number of nitrogens with one attached hydrogen (secondary N) is 1. The highest BCUT2D eigenvalue weighted by Gasteiger charge is 2.14. The molecule has 3 aromatic carbocycles. The minimum absolute atomic E-state index is 0.203. The molecule has 0 radical (unpaired) electrons. The summed E-state index contributed by atoms with van der Waals surface area (Å²) < 4.78 is 35.5. The van der Waals surface area contributed by atoms with E-state index in [-0.39, 0.29) is 19.2 Å². The molecular formula is C23H21ClFNO4. The van der Waals surface area contributed by atoms with Gasteiger partial charge < -0.3 is 24.3 Å². The van der Waals surface area contributed by atoms with Crippen molar-refractivity contribution < 1.29 is 23.3 Å². The third-order valence-corrected chi connectivity index (χ3v) is 5.10. The number of rotatable bonds is 8. The van der Waals surface area contributed by atoms with Crippen molar-refractivity contribution >= 4 is 11.6 Å². The number of para-hydroxylation sites is 1. The maximum absolute atomic E-state index is 13.3. The second-order valence-corrected chi connectivity index (χ2v) is 7.17. The molecule has 0 atom stereocenters. The van der Waals surface area contributed by atoms with Gasteiger partial charge in [-0.25, -0.2) is 4.39 Å². The number of fused-ring (bicyclic) bond motifs is 1. The van der Waals surface area contributed by atoms with Gasteiger partial charge in [0.05, 0.1) is 12.1 Å². The van der Waals surface area contributed by atoms with Gasteiger partial charge in [-0.1, -0.05) is 35.9 Å². The van der Waals surface area contributed by atoms with Gasteiger partial charge in [0.1, 0.15) is 12.4 Å². The van der Waals surface area contributed by atoms with E-state index in [2.05, 4.69) is 5.32 Å². The van der Waals surface area contributed by atoms with E-state index in [9.17, 15) is 4.39 Å². The summed E-state index contributed by atoms with van der Waals surface area (Å²) >= 11 is 6.12. The highest BCUT2D eigenvalue weighted by molar-refractivity contribution is 6.31. The van der Waals surface area contributed by atoms with E-state index < -0.39 is 0 Å². The van der Waals surface area contributed by atoms with Crippen LogP contribution >= 0.6 is 11.6 Å². The Labute approximate surface area is 179 Å². The van der Waals surface area contributed by atoms with E-state index in [4.69, 9.17) is 30.5 Å². The molecule has 0 unspecified atom stereocenters. The smallest absolute Gasteiger partial charge is 0.231 e. The fraction of sp³-hybridized carbons (Fsp3) is 0.217. The fourth-order valence-electron chi connectivity index (χ4n) is 3.21. The zero-order valence-electron chi connectivity index (χ0n) is 16.4. The fourth-order valence-corrected chi connectivity index (χ4v) is 3.43. The van der Waals surface area contributed by atoms with Crippen molar-refractivity contribution in [3.63, 3.8) is 0 Å². The molecule has 7 heteroatoms. The van der Waals surface area contributed by atoms with E-state index in [1.807, 2.05) is 36.4 Å². The molecule has 0 spiro atoms. The summed E-state index contributed by atoms with van der Waals surface area (Å²) in [5, 5.41) is 3.74. The van der Waals surface area contributed by atoms with Crippen LogP contribution < -0.4 is 24.3 Å². The normalized spacial score (nSPS) is 12.1. The predicted molar refractivity (Wildman–Crippen MR) is 112 cm³/mol. The number of ether oxygens (including phenoxy) is 4. The summed E-state index contributed by atoms with van der Waals surface area (Å²) in [5.74, 6) is 2.39. The second-order valence-electron chi connectivity index (χ2n) is 6.76. The zero-order chi connectivity index (χ0) is 20.9. The molecule has 0 aliphatic carbocycles. The molecular weight excluding hydrogens is 409 g/mol. The molecule has 4 rings (SSSR count). The predicted octanol–water partition coefficient (Wildman–Crippen LogP) is 5.09. The molecule has 156 valence electrons. The maximum Gasteiger partial charge on any atom is 0.231 e. The van der Waals surface area contributed by atoms with Crippen LogP contribution in [0.25, 0.3) is 0 Å². The molecule has 1 aliphatic rings. The third-order valence-electron chi connectivity index (χ3n) is 4.75. The molecule has 1 aliphatic heterocycles. The van der Waals surface area contributed by atoms with E-state index >= 15 is 0 Å². The lowest BCUT2D eigenvalue weighted by atomic mass is 10.1. The van der Waals surface area contributed by atoms with Crippen molar-refractivity contribution in [2.75, 3.05) is 13.9 Å². The summed E-state index contributed by atoms with van der Waals surface area (Å²) in [6.45, 7) is 1.68. The number of hydrogen-bond acceptors (Lipinski definition) is 5. The number of halogens is 2. The van der Waals surface area contributed by atoms with Crippen molar-refractivity contribution in [2.45, 2.75) is 19.7 Å². The van der Waals surface area contributed by atoms with Crippen LogP contribution in [0.5, 0.6) is 23.0 Å². The van der Waals surface area contributed by atoms with Gasteiger partial charge in [-0.2, -0.15) is 0 Å². The Hall–Kier alpha value is -2.96. The summed E-state index contributed by atoms with van der Waals surface area (Å²) in [6, 6.07) is 15.8. The van der Waals surface area contributed by atoms with Gasteiger partial charge in [-0.3, -0.25) is 0 Å². The number of hydrogen-bond donors (Lipinski definition) is 1. The van der Waals surface area contributed by atoms with Crippen molar-refractivity contribution in [1.82, 2.24) is 5.32 Å². The van der Waals surface area contributed by atoms with Crippen LogP contribution in [0.3, 0.4) is 0 Å². The second kappa shape index (κ2) is 9.24. The van der Waals surface area contributed by atoms with Gasteiger partial charge in [0, 0.05) is 24.2 Å². The summed E-state index contributed by atoms with van der Waals surface area (Å²) in [6.07, 6.45) is 0. The lowest BCUT2D eigenvalue weighted by Gasteiger charge is -2.16. The van der Waals surface area contributed by atoms with Gasteiger partial charge in [-0.15, -0.1) is 0 Å². The molecule has 0 aromatic heterocycles. The molecule has 0 amide bonds. The van der Waals surface area contributed by atoms with Crippen LogP contribution in [0.15, 0.2) is 54.6 Å². The Morgan fingerprint density at radius 1 is 1.00 bits per heavy atom. The largest absolute Gasteiger partial charge is 0.493 e.